The van der Waals surface area contributed by atoms with Crippen LogP contribution in [0.25, 0.3) is 5.69 Å². The van der Waals surface area contributed by atoms with Crippen LogP contribution in [0.4, 0.5) is 0 Å². The molecule has 0 amide bonds. The van der Waals surface area contributed by atoms with E-state index in [4.69, 9.17) is 0 Å². The minimum absolute atomic E-state index is 0.657. The van der Waals surface area contributed by atoms with Crippen molar-refractivity contribution in [2.75, 3.05) is 13.1 Å². The van der Waals surface area contributed by atoms with Crippen molar-refractivity contribution in [1.29, 1.82) is 0 Å². The van der Waals surface area contributed by atoms with E-state index in [1.165, 1.54) is 5.56 Å². The van der Waals surface area contributed by atoms with Crippen LogP contribution in [0.3, 0.4) is 0 Å². The van der Waals surface area contributed by atoms with E-state index in [1.807, 2.05) is 53.3 Å². The van der Waals surface area contributed by atoms with E-state index >= 15 is 0 Å². The maximum Gasteiger partial charge on any atom is 0.103 e. The van der Waals surface area contributed by atoms with Gasteiger partial charge in [-0.1, -0.05) is 48.5 Å². The summed E-state index contributed by atoms with van der Waals surface area (Å²) in [4.78, 5) is 2.31. The average Bonchev–Trinajstić information content (AvgIpc) is 3.27. The molecule has 1 unspecified atom stereocenters. The summed E-state index contributed by atoms with van der Waals surface area (Å²) >= 11 is 0. The fourth-order valence-corrected chi connectivity index (χ4v) is 3.51. The average molecular weight is 319 g/mol. The van der Waals surface area contributed by atoms with Gasteiger partial charge < -0.3 is 5.11 Å². The van der Waals surface area contributed by atoms with Crippen LogP contribution in [-0.2, 0) is 12.1 Å². The summed E-state index contributed by atoms with van der Waals surface area (Å²) in [6.07, 6.45) is 4.52. The summed E-state index contributed by atoms with van der Waals surface area (Å²) in [5.41, 5.74) is 2.58. The zero-order chi connectivity index (χ0) is 16.4. The van der Waals surface area contributed by atoms with Crippen molar-refractivity contribution in [3.8, 4) is 5.69 Å². The van der Waals surface area contributed by atoms with Crippen LogP contribution >= 0.6 is 0 Å². The fourth-order valence-electron chi connectivity index (χ4n) is 3.51. The molecule has 0 saturated carbocycles. The van der Waals surface area contributed by atoms with Gasteiger partial charge in [-0.2, -0.15) is 5.10 Å². The van der Waals surface area contributed by atoms with E-state index < -0.39 is 5.60 Å². The highest BCUT2D eigenvalue weighted by Gasteiger charge is 2.37. The Bertz CT molecular complexity index is 801. The van der Waals surface area contributed by atoms with E-state index in [0.717, 1.165) is 30.8 Å². The molecule has 0 spiro atoms. The predicted octanol–water partition coefficient (Wildman–Crippen LogP) is 2.97. The topological polar surface area (TPSA) is 41.3 Å². The number of hydrogen-bond donors (Lipinski definition) is 1. The molecule has 0 bridgehead atoms. The molecule has 1 aromatic heterocycles. The highest BCUT2D eigenvalue weighted by Crippen LogP contribution is 2.33. The van der Waals surface area contributed by atoms with Crippen molar-refractivity contribution >= 4 is 0 Å². The van der Waals surface area contributed by atoms with Gasteiger partial charge in [-0.3, -0.25) is 4.90 Å². The molecule has 4 heteroatoms. The lowest BCUT2D eigenvalue weighted by Gasteiger charge is -2.24. The Labute approximate surface area is 142 Å². The summed E-state index contributed by atoms with van der Waals surface area (Å²) in [6, 6.07) is 20.2. The van der Waals surface area contributed by atoms with Crippen LogP contribution in [0.1, 0.15) is 17.5 Å². The van der Waals surface area contributed by atoms with Crippen molar-refractivity contribution in [3.63, 3.8) is 0 Å². The molecule has 2 aromatic carbocycles. The Kier molecular flexibility index (Phi) is 3.92. The molecule has 1 saturated heterocycles. The lowest BCUT2D eigenvalue weighted by atomic mass is 9.93. The van der Waals surface area contributed by atoms with Gasteiger partial charge in [0.25, 0.3) is 0 Å². The highest BCUT2D eigenvalue weighted by atomic mass is 16.3. The zero-order valence-corrected chi connectivity index (χ0v) is 13.5. The quantitative estimate of drug-likeness (QED) is 0.804. The number of rotatable bonds is 4. The van der Waals surface area contributed by atoms with Gasteiger partial charge >= 0.3 is 0 Å². The Balaban J connectivity index is 1.54. The van der Waals surface area contributed by atoms with Crippen molar-refractivity contribution in [2.24, 2.45) is 0 Å². The maximum absolute atomic E-state index is 11.0. The van der Waals surface area contributed by atoms with Gasteiger partial charge in [0.2, 0.25) is 0 Å². The first-order chi connectivity index (χ1) is 11.7. The number of para-hydroxylation sites is 1. The first kappa shape index (κ1) is 15.1. The first-order valence-electron chi connectivity index (χ1n) is 8.33. The number of benzene rings is 2. The molecule has 1 fully saturated rings. The van der Waals surface area contributed by atoms with Crippen LogP contribution in [0, 0.1) is 0 Å². The monoisotopic (exact) mass is 319 g/mol. The standard InChI is InChI=1S/C20H21N3O/c24-20(18-8-2-1-3-9-18)11-14-22(16-20)15-17-7-4-5-10-19(17)23-13-6-12-21-23/h1-10,12-13,24H,11,14-16H2. The fraction of sp³-hybridized carbons (Fsp3) is 0.250. The summed E-state index contributed by atoms with van der Waals surface area (Å²) in [7, 11) is 0. The summed E-state index contributed by atoms with van der Waals surface area (Å²) in [5.74, 6) is 0. The van der Waals surface area contributed by atoms with Gasteiger partial charge in [0.15, 0.2) is 0 Å². The minimum atomic E-state index is -0.748. The number of aliphatic hydroxyl groups is 1. The zero-order valence-electron chi connectivity index (χ0n) is 13.5. The number of aromatic nitrogens is 2. The third-order valence-electron chi connectivity index (χ3n) is 4.77. The molecular formula is C20H21N3O. The summed E-state index contributed by atoms with van der Waals surface area (Å²) in [5, 5.41) is 15.4. The molecule has 4 rings (SSSR count). The highest BCUT2D eigenvalue weighted by molar-refractivity contribution is 5.40. The SMILES string of the molecule is OC1(c2ccccc2)CCN(Cc2ccccc2-n2cccn2)C1. The Morgan fingerprint density at radius 3 is 2.58 bits per heavy atom. The van der Waals surface area contributed by atoms with Crippen LogP contribution < -0.4 is 0 Å². The third-order valence-corrected chi connectivity index (χ3v) is 4.77. The van der Waals surface area contributed by atoms with Gasteiger partial charge in [0.1, 0.15) is 5.60 Å². The van der Waals surface area contributed by atoms with Gasteiger partial charge in [-0.05, 0) is 29.7 Å². The van der Waals surface area contributed by atoms with Gasteiger partial charge in [0.05, 0.1) is 5.69 Å². The summed E-state index contributed by atoms with van der Waals surface area (Å²) in [6.45, 7) is 2.36. The number of hydrogen-bond acceptors (Lipinski definition) is 3. The lowest BCUT2D eigenvalue weighted by Crippen LogP contribution is -2.30. The van der Waals surface area contributed by atoms with E-state index in [2.05, 4.69) is 28.2 Å². The molecule has 4 nitrogen and oxygen atoms in total. The molecule has 1 aliphatic rings. The third kappa shape index (κ3) is 2.86. The smallest absolute Gasteiger partial charge is 0.103 e. The molecule has 2 heterocycles. The number of nitrogens with zero attached hydrogens (tertiary/aromatic N) is 3. The van der Waals surface area contributed by atoms with Gasteiger partial charge in [-0.25, -0.2) is 4.68 Å². The molecule has 0 aliphatic carbocycles. The molecule has 1 aliphatic heterocycles. The molecule has 3 aromatic rings. The van der Waals surface area contributed by atoms with Crippen LogP contribution in [-0.4, -0.2) is 32.9 Å². The van der Waals surface area contributed by atoms with Crippen molar-refractivity contribution < 1.29 is 5.11 Å². The van der Waals surface area contributed by atoms with Crippen molar-refractivity contribution in [1.82, 2.24) is 14.7 Å². The molecular weight excluding hydrogens is 298 g/mol. The van der Waals surface area contributed by atoms with Crippen LogP contribution in [0.2, 0.25) is 0 Å². The van der Waals surface area contributed by atoms with Crippen molar-refractivity contribution in [2.45, 2.75) is 18.6 Å². The van der Waals surface area contributed by atoms with Crippen LogP contribution in [0.5, 0.6) is 0 Å². The van der Waals surface area contributed by atoms with E-state index in [0.29, 0.717) is 6.54 Å². The minimum Gasteiger partial charge on any atom is -0.384 e. The van der Waals surface area contributed by atoms with Gasteiger partial charge in [-0.15, -0.1) is 0 Å². The first-order valence-corrected chi connectivity index (χ1v) is 8.33. The van der Waals surface area contributed by atoms with E-state index in [9.17, 15) is 5.11 Å². The number of β-amino-alcohol motifs (C(OH)–C–C–N with tert-alkyl or cyclic N) is 1. The van der Waals surface area contributed by atoms with E-state index in [-0.39, 0.29) is 0 Å². The Morgan fingerprint density at radius 1 is 1.00 bits per heavy atom. The summed E-state index contributed by atoms with van der Waals surface area (Å²) < 4.78 is 1.90. The van der Waals surface area contributed by atoms with E-state index in [1.54, 1.807) is 6.20 Å². The molecule has 1 atom stereocenters. The van der Waals surface area contributed by atoms with Crippen LogP contribution in [0.15, 0.2) is 73.1 Å². The lowest BCUT2D eigenvalue weighted by molar-refractivity contribution is 0.0453. The number of likely N-dealkylation sites (tertiary alicyclic amines) is 1. The Hall–Kier alpha value is -2.43. The predicted molar refractivity (Wildman–Crippen MR) is 93.8 cm³/mol. The second-order valence-corrected chi connectivity index (χ2v) is 6.44. The molecule has 24 heavy (non-hydrogen) atoms. The largest absolute Gasteiger partial charge is 0.384 e. The second-order valence-electron chi connectivity index (χ2n) is 6.44. The second kappa shape index (κ2) is 6.23. The normalized spacial score (nSPS) is 21.2. The van der Waals surface area contributed by atoms with Crippen molar-refractivity contribution in [3.05, 3.63) is 84.2 Å². The molecule has 1 N–H and O–H groups in total. The maximum atomic E-state index is 11.0. The molecule has 0 radical (unpaired) electrons. The molecule has 122 valence electrons. The van der Waals surface area contributed by atoms with Gasteiger partial charge in [0, 0.05) is 32.0 Å². The Morgan fingerprint density at radius 2 is 1.79 bits per heavy atom.